The highest BCUT2D eigenvalue weighted by atomic mass is 35.6. The van der Waals surface area contributed by atoms with Crippen LogP contribution in [0.1, 0.15) is 42.9 Å². The second-order valence-electron chi connectivity index (χ2n) is 6.50. The number of hydrogen-bond acceptors (Lipinski definition) is 3. The van der Waals surface area contributed by atoms with E-state index in [1.165, 1.54) is 12.8 Å². The van der Waals surface area contributed by atoms with Gasteiger partial charge in [0.05, 0.1) is 11.4 Å². The van der Waals surface area contributed by atoms with Crippen molar-refractivity contribution >= 4 is 46.7 Å². The van der Waals surface area contributed by atoms with Crippen molar-refractivity contribution in [3.63, 3.8) is 0 Å². The van der Waals surface area contributed by atoms with Crippen LogP contribution in [0.5, 0.6) is 0 Å². The molecule has 1 aliphatic rings. The molecule has 0 spiro atoms. The molecule has 0 saturated heterocycles. The lowest BCUT2D eigenvalue weighted by Crippen LogP contribution is -2.22. The Kier molecular flexibility index (Phi) is 6.00. The zero-order chi connectivity index (χ0) is 18.7. The first-order valence-electron chi connectivity index (χ1n) is 8.49. The molecule has 0 unspecified atom stereocenters. The average molecular weight is 417 g/mol. The van der Waals surface area contributed by atoms with Crippen LogP contribution in [0.4, 0.5) is 10.6 Å². The number of aromatic nitrogens is 2. The van der Waals surface area contributed by atoms with Gasteiger partial charge in [-0.1, -0.05) is 65.3 Å². The van der Waals surface area contributed by atoms with Gasteiger partial charge in [0.2, 0.25) is 3.79 Å². The number of nitrogens with zero attached hydrogens (tertiary/aromatic N) is 2. The lowest BCUT2D eigenvalue weighted by atomic mass is 10.0. The van der Waals surface area contributed by atoms with E-state index in [0.717, 1.165) is 29.8 Å². The summed E-state index contributed by atoms with van der Waals surface area (Å²) in [7, 11) is 0. The van der Waals surface area contributed by atoms with Gasteiger partial charge < -0.3 is 4.74 Å². The molecule has 1 heterocycles. The molecule has 0 atom stereocenters. The Hall–Kier alpha value is -1.43. The average Bonchev–Trinajstić information content (AvgIpc) is 3.23. The Labute approximate surface area is 167 Å². The Morgan fingerprint density at radius 2 is 1.92 bits per heavy atom. The molecule has 1 saturated carbocycles. The number of carbonyl (C=O) groups excluding carboxylic acids is 1. The summed E-state index contributed by atoms with van der Waals surface area (Å²) >= 11 is 16.9. The number of anilines is 1. The molecule has 140 valence electrons. The number of alkyl halides is 3. The first-order valence-corrected chi connectivity index (χ1v) is 9.63. The van der Waals surface area contributed by atoms with Crippen molar-refractivity contribution in [3.8, 4) is 5.69 Å². The smallest absolute Gasteiger partial charge is 0.412 e. The van der Waals surface area contributed by atoms with Crippen LogP contribution in [0.3, 0.4) is 0 Å². The van der Waals surface area contributed by atoms with Gasteiger partial charge in [-0.2, -0.15) is 5.10 Å². The second kappa shape index (κ2) is 8.07. The van der Waals surface area contributed by atoms with Crippen LogP contribution < -0.4 is 5.32 Å². The predicted molar refractivity (Wildman–Crippen MR) is 105 cm³/mol. The van der Waals surface area contributed by atoms with Crippen LogP contribution in [-0.4, -0.2) is 26.3 Å². The summed E-state index contributed by atoms with van der Waals surface area (Å²) in [6, 6.07) is 9.80. The third-order valence-corrected chi connectivity index (χ3v) is 4.70. The molecule has 1 fully saturated rings. The molecule has 1 aromatic carbocycles. The van der Waals surface area contributed by atoms with Crippen molar-refractivity contribution in [2.24, 2.45) is 0 Å². The summed E-state index contributed by atoms with van der Waals surface area (Å²) in [6.45, 7) is 1.68. The second-order valence-corrected chi connectivity index (χ2v) is 9.02. The van der Waals surface area contributed by atoms with E-state index in [4.69, 9.17) is 44.6 Å². The molecule has 1 N–H and O–H groups in total. The van der Waals surface area contributed by atoms with E-state index < -0.39 is 9.89 Å². The fourth-order valence-electron chi connectivity index (χ4n) is 3.08. The van der Waals surface area contributed by atoms with Crippen LogP contribution in [-0.2, 0) is 4.74 Å². The van der Waals surface area contributed by atoms with Crippen LogP contribution >= 0.6 is 34.8 Å². The minimum atomic E-state index is -1.65. The van der Waals surface area contributed by atoms with E-state index in [1.54, 1.807) is 4.68 Å². The predicted octanol–water partition coefficient (Wildman–Crippen LogP) is 5.76. The normalized spacial score (nSPS) is 15.2. The first-order chi connectivity index (χ1) is 12.3. The van der Waals surface area contributed by atoms with E-state index in [1.807, 2.05) is 37.3 Å². The lowest BCUT2D eigenvalue weighted by Gasteiger charge is -2.13. The molecule has 0 bridgehead atoms. The fraction of sp³-hybridized carbons (Fsp3) is 0.444. The van der Waals surface area contributed by atoms with E-state index in [0.29, 0.717) is 11.7 Å². The van der Waals surface area contributed by atoms with Crippen molar-refractivity contribution in [2.75, 3.05) is 11.9 Å². The molecule has 5 nitrogen and oxygen atoms in total. The standard InChI is InChI=1S/C18H20Cl3N3O2/c1-12-6-8-14(9-7-12)24-16(22-17(25)26-11-18(19,20)21)10-15(23-24)13-4-2-3-5-13/h6-10,13H,2-5,11H2,1H3,(H,22,25). The number of hydrogen-bond donors (Lipinski definition) is 1. The molecule has 1 aliphatic carbocycles. The van der Waals surface area contributed by atoms with E-state index in [9.17, 15) is 4.79 Å². The van der Waals surface area contributed by atoms with Crippen LogP contribution in [0.15, 0.2) is 30.3 Å². The summed E-state index contributed by atoms with van der Waals surface area (Å²) in [5.41, 5.74) is 2.98. The number of carbonyl (C=O) groups is 1. The van der Waals surface area contributed by atoms with Crippen LogP contribution in [0.2, 0.25) is 0 Å². The highest BCUT2D eigenvalue weighted by Gasteiger charge is 2.25. The highest BCUT2D eigenvalue weighted by Crippen LogP contribution is 2.35. The largest absolute Gasteiger partial charge is 0.445 e. The molecular formula is C18H20Cl3N3O2. The number of halogens is 3. The maximum atomic E-state index is 12.1. The Bertz CT molecular complexity index is 763. The molecule has 3 rings (SSSR count). The maximum absolute atomic E-state index is 12.1. The Morgan fingerprint density at radius 3 is 2.54 bits per heavy atom. The van der Waals surface area contributed by atoms with Gasteiger partial charge in [-0.25, -0.2) is 9.48 Å². The van der Waals surface area contributed by atoms with E-state index >= 15 is 0 Å². The molecule has 2 aromatic rings. The van der Waals surface area contributed by atoms with Crippen molar-refractivity contribution in [3.05, 3.63) is 41.6 Å². The van der Waals surface area contributed by atoms with Gasteiger partial charge >= 0.3 is 6.09 Å². The van der Waals surface area contributed by atoms with Crippen molar-refractivity contribution in [1.82, 2.24) is 9.78 Å². The minimum absolute atomic E-state index is 0.336. The lowest BCUT2D eigenvalue weighted by molar-refractivity contribution is 0.163. The highest BCUT2D eigenvalue weighted by molar-refractivity contribution is 6.67. The van der Waals surface area contributed by atoms with Crippen molar-refractivity contribution in [2.45, 2.75) is 42.3 Å². The number of amides is 1. The number of aryl methyl sites for hydroxylation is 1. The summed E-state index contributed by atoms with van der Waals surface area (Å²) < 4.78 is 5.03. The van der Waals surface area contributed by atoms with Gasteiger partial charge in [0, 0.05) is 12.0 Å². The van der Waals surface area contributed by atoms with Gasteiger partial charge in [0.1, 0.15) is 12.4 Å². The Balaban J connectivity index is 1.84. The molecule has 1 amide bonds. The zero-order valence-electron chi connectivity index (χ0n) is 14.3. The number of ether oxygens (including phenoxy) is 1. The number of rotatable bonds is 4. The number of benzene rings is 1. The van der Waals surface area contributed by atoms with Gasteiger partial charge in [-0.15, -0.1) is 0 Å². The van der Waals surface area contributed by atoms with Crippen LogP contribution in [0, 0.1) is 6.92 Å². The van der Waals surface area contributed by atoms with E-state index in [2.05, 4.69) is 5.32 Å². The van der Waals surface area contributed by atoms with Crippen molar-refractivity contribution < 1.29 is 9.53 Å². The fourth-order valence-corrected chi connectivity index (χ4v) is 3.24. The topological polar surface area (TPSA) is 56.2 Å². The SMILES string of the molecule is Cc1ccc(-n2nc(C3CCCC3)cc2NC(=O)OCC(Cl)(Cl)Cl)cc1. The van der Waals surface area contributed by atoms with Gasteiger partial charge in [-0.3, -0.25) is 5.32 Å². The molecule has 8 heteroatoms. The third-order valence-electron chi connectivity index (χ3n) is 4.38. The summed E-state index contributed by atoms with van der Waals surface area (Å²) in [5.74, 6) is 0.949. The summed E-state index contributed by atoms with van der Waals surface area (Å²) in [4.78, 5) is 12.1. The third kappa shape index (κ3) is 5.06. The summed E-state index contributed by atoms with van der Waals surface area (Å²) in [5, 5.41) is 7.43. The number of nitrogens with one attached hydrogen (secondary N) is 1. The van der Waals surface area contributed by atoms with E-state index in [-0.39, 0.29) is 6.61 Å². The maximum Gasteiger partial charge on any atom is 0.412 e. The first kappa shape index (κ1) is 19.3. The molecule has 0 radical (unpaired) electrons. The quantitative estimate of drug-likeness (QED) is 0.645. The van der Waals surface area contributed by atoms with Gasteiger partial charge in [-0.05, 0) is 31.9 Å². The minimum Gasteiger partial charge on any atom is -0.445 e. The monoisotopic (exact) mass is 415 g/mol. The van der Waals surface area contributed by atoms with Gasteiger partial charge in [0.15, 0.2) is 0 Å². The van der Waals surface area contributed by atoms with Crippen LogP contribution in [0.25, 0.3) is 5.69 Å². The molecule has 0 aliphatic heterocycles. The molecule has 26 heavy (non-hydrogen) atoms. The Morgan fingerprint density at radius 1 is 1.27 bits per heavy atom. The zero-order valence-corrected chi connectivity index (χ0v) is 16.6. The molecule has 1 aromatic heterocycles. The summed E-state index contributed by atoms with van der Waals surface area (Å²) in [6.07, 6.45) is 3.94. The van der Waals surface area contributed by atoms with Crippen molar-refractivity contribution in [1.29, 1.82) is 0 Å². The molecular weight excluding hydrogens is 397 g/mol. The van der Waals surface area contributed by atoms with Gasteiger partial charge in [0.25, 0.3) is 0 Å².